The Kier molecular flexibility index (Phi) is 5.53. The average Bonchev–Trinajstić information content (AvgIpc) is 3.18. The van der Waals surface area contributed by atoms with Crippen molar-refractivity contribution >= 4 is 17.7 Å². The Morgan fingerprint density at radius 2 is 2.20 bits per heavy atom. The van der Waals surface area contributed by atoms with Gasteiger partial charge in [0.25, 0.3) is 0 Å². The average molecular weight is 354 g/mol. The maximum Gasteiger partial charge on any atom is 0.240 e. The van der Waals surface area contributed by atoms with E-state index >= 15 is 0 Å². The fraction of sp³-hybridized carbons (Fsp3) is 0.278. The summed E-state index contributed by atoms with van der Waals surface area (Å²) in [4.78, 5) is 18.1. The number of amides is 1. The zero-order valence-corrected chi connectivity index (χ0v) is 14.4. The van der Waals surface area contributed by atoms with E-state index in [0.29, 0.717) is 17.7 Å². The van der Waals surface area contributed by atoms with E-state index in [1.54, 1.807) is 47.1 Å². The monoisotopic (exact) mass is 354 g/mol. The molecule has 1 aliphatic rings. The molecule has 1 aromatic carbocycles. The van der Waals surface area contributed by atoms with Crippen LogP contribution in [0, 0.1) is 11.3 Å². The first kappa shape index (κ1) is 17.3. The number of nitrogens with two attached hydrogens (primary N) is 1. The number of rotatable bonds is 5. The number of nitrogens with zero attached hydrogens (tertiary/aromatic N) is 3. The van der Waals surface area contributed by atoms with Gasteiger partial charge in [-0.05, 0) is 36.2 Å². The third kappa shape index (κ3) is 4.29. The van der Waals surface area contributed by atoms with E-state index in [0.717, 1.165) is 23.7 Å². The zero-order chi connectivity index (χ0) is 17.6. The molecule has 1 aliphatic heterocycles. The van der Waals surface area contributed by atoms with E-state index in [-0.39, 0.29) is 11.8 Å². The number of hydrogen-bond acceptors (Lipinski definition) is 6. The lowest BCUT2D eigenvalue weighted by Gasteiger charge is -2.19. The molecule has 3 rings (SSSR count). The zero-order valence-electron chi connectivity index (χ0n) is 13.6. The number of aromatic nitrogens is 1. The Hall–Kier alpha value is -2.56. The fourth-order valence-corrected chi connectivity index (χ4v) is 3.48. The maximum absolute atomic E-state index is 12.3. The van der Waals surface area contributed by atoms with Gasteiger partial charge in [0.15, 0.2) is 0 Å². The van der Waals surface area contributed by atoms with E-state index in [1.807, 2.05) is 18.2 Å². The summed E-state index contributed by atoms with van der Waals surface area (Å²) in [7, 11) is 0. The van der Waals surface area contributed by atoms with E-state index in [4.69, 9.17) is 15.7 Å². The second-order valence-electron chi connectivity index (χ2n) is 5.66. The molecule has 1 atom stereocenters. The largest absolute Gasteiger partial charge is 0.438 e. The second-order valence-corrected chi connectivity index (χ2v) is 6.74. The molecule has 0 saturated carbocycles. The molecule has 25 heavy (non-hydrogen) atoms. The van der Waals surface area contributed by atoms with Crippen molar-refractivity contribution in [2.75, 3.05) is 18.2 Å². The lowest BCUT2D eigenvalue weighted by atomic mass is 10.1. The van der Waals surface area contributed by atoms with E-state index < -0.39 is 6.04 Å². The first-order valence-corrected chi connectivity index (χ1v) is 9.07. The number of benzene rings is 1. The highest BCUT2D eigenvalue weighted by molar-refractivity contribution is 7.99. The van der Waals surface area contributed by atoms with E-state index in [1.165, 1.54) is 0 Å². The van der Waals surface area contributed by atoms with Crippen molar-refractivity contribution < 1.29 is 9.53 Å². The van der Waals surface area contributed by atoms with E-state index in [2.05, 4.69) is 4.98 Å². The first-order chi connectivity index (χ1) is 12.2. The molecule has 7 heteroatoms. The van der Waals surface area contributed by atoms with Gasteiger partial charge in [-0.15, -0.1) is 11.8 Å². The van der Waals surface area contributed by atoms with Crippen LogP contribution < -0.4 is 10.5 Å². The van der Waals surface area contributed by atoms with Gasteiger partial charge in [0.1, 0.15) is 17.4 Å². The molecule has 128 valence electrons. The number of carbonyl (C=O) groups excluding carboxylic acids is 1. The predicted molar refractivity (Wildman–Crippen MR) is 96.2 cm³/mol. The topological polar surface area (TPSA) is 92.2 Å². The molecule has 0 spiro atoms. The molecule has 1 aromatic heterocycles. The lowest BCUT2D eigenvalue weighted by molar-refractivity contribution is -0.131. The van der Waals surface area contributed by atoms with Crippen molar-refractivity contribution in [3.63, 3.8) is 0 Å². The van der Waals surface area contributed by atoms with Gasteiger partial charge in [-0.3, -0.25) is 4.79 Å². The predicted octanol–water partition coefficient (Wildman–Crippen LogP) is 2.15. The summed E-state index contributed by atoms with van der Waals surface area (Å²) in [5.74, 6) is 2.55. The molecule has 2 aromatic rings. The third-order valence-corrected chi connectivity index (χ3v) is 4.83. The summed E-state index contributed by atoms with van der Waals surface area (Å²) in [6, 6.07) is 12.2. The van der Waals surface area contributed by atoms with Crippen LogP contribution in [0.1, 0.15) is 11.1 Å². The van der Waals surface area contributed by atoms with Gasteiger partial charge in [-0.25, -0.2) is 4.98 Å². The van der Waals surface area contributed by atoms with Gasteiger partial charge in [0.2, 0.25) is 11.8 Å². The summed E-state index contributed by atoms with van der Waals surface area (Å²) >= 11 is 1.74. The molecule has 2 heterocycles. The van der Waals surface area contributed by atoms with Gasteiger partial charge < -0.3 is 15.4 Å². The normalized spacial score (nSPS) is 14.8. The summed E-state index contributed by atoms with van der Waals surface area (Å²) in [5.41, 5.74) is 7.39. The van der Waals surface area contributed by atoms with Crippen LogP contribution in [0.3, 0.4) is 0 Å². The summed E-state index contributed by atoms with van der Waals surface area (Å²) in [6.45, 7) is 0.773. The van der Waals surface area contributed by atoms with Crippen molar-refractivity contribution in [2.24, 2.45) is 5.73 Å². The molecule has 1 unspecified atom stereocenters. The Labute approximate surface area is 150 Å². The van der Waals surface area contributed by atoms with Crippen molar-refractivity contribution in [1.82, 2.24) is 9.88 Å². The molecular formula is C18H18N4O2S. The molecular weight excluding hydrogens is 336 g/mol. The van der Waals surface area contributed by atoms with Gasteiger partial charge in [0, 0.05) is 18.5 Å². The highest BCUT2D eigenvalue weighted by Crippen LogP contribution is 2.23. The number of ether oxygens (including phenoxy) is 1. The maximum atomic E-state index is 12.3. The highest BCUT2D eigenvalue weighted by atomic mass is 32.2. The lowest BCUT2D eigenvalue weighted by Crippen LogP contribution is -2.43. The smallest absolute Gasteiger partial charge is 0.240 e. The molecule has 6 nitrogen and oxygen atoms in total. The van der Waals surface area contributed by atoms with Crippen molar-refractivity contribution in [1.29, 1.82) is 5.26 Å². The highest BCUT2D eigenvalue weighted by Gasteiger charge is 2.24. The summed E-state index contributed by atoms with van der Waals surface area (Å²) in [5, 5.41) is 9.06. The Morgan fingerprint density at radius 1 is 1.40 bits per heavy atom. The van der Waals surface area contributed by atoms with Crippen LogP contribution in [0.15, 0.2) is 42.6 Å². The molecule has 0 bridgehead atoms. The molecule has 2 N–H and O–H groups in total. The van der Waals surface area contributed by atoms with Crippen LogP contribution in [0.4, 0.5) is 0 Å². The van der Waals surface area contributed by atoms with Crippen LogP contribution in [0.5, 0.6) is 11.6 Å². The summed E-state index contributed by atoms with van der Waals surface area (Å²) in [6.07, 6.45) is 2.05. The third-order valence-electron chi connectivity index (χ3n) is 3.87. The number of thioether (sulfide) groups is 1. The Bertz CT molecular complexity index is 782. The minimum absolute atomic E-state index is 0.00234. The Balaban J connectivity index is 1.62. The van der Waals surface area contributed by atoms with Crippen LogP contribution in [-0.4, -0.2) is 40.0 Å². The summed E-state index contributed by atoms with van der Waals surface area (Å²) < 4.78 is 5.65. The van der Waals surface area contributed by atoms with Crippen molar-refractivity contribution in [3.05, 3.63) is 53.7 Å². The molecule has 1 saturated heterocycles. The van der Waals surface area contributed by atoms with Gasteiger partial charge in [0.05, 0.1) is 11.9 Å². The van der Waals surface area contributed by atoms with Gasteiger partial charge >= 0.3 is 0 Å². The minimum Gasteiger partial charge on any atom is -0.438 e. The van der Waals surface area contributed by atoms with Crippen LogP contribution >= 0.6 is 11.8 Å². The fourth-order valence-electron chi connectivity index (χ4n) is 2.53. The van der Waals surface area contributed by atoms with Gasteiger partial charge in [-0.2, -0.15) is 5.26 Å². The minimum atomic E-state index is -0.536. The Morgan fingerprint density at radius 3 is 2.88 bits per heavy atom. The van der Waals surface area contributed by atoms with Crippen molar-refractivity contribution in [3.8, 4) is 17.7 Å². The number of hydrogen-bond donors (Lipinski definition) is 1. The van der Waals surface area contributed by atoms with Crippen LogP contribution in [0.25, 0.3) is 0 Å². The molecule has 1 fully saturated rings. The second kappa shape index (κ2) is 8.01. The number of carbonyl (C=O) groups is 1. The van der Waals surface area contributed by atoms with Gasteiger partial charge in [-0.1, -0.05) is 12.1 Å². The first-order valence-electron chi connectivity index (χ1n) is 7.91. The number of nitriles is 1. The molecule has 0 radical (unpaired) electrons. The van der Waals surface area contributed by atoms with E-state index in [9.17, 15) is 4.79 Å². The SMILES string of the molecule is N#Cc1cccnc1Oc1ccc(CC(N)C(=O)N2CCSC2)cc1. The van der Waals surface area contributed by atoms with Crippen LogP contribution in [0.2, 0.25) is 0 Å². The van der Waals surface area contributed by atoms with Crippen molar-refractivity contribution in [2.45, 2.75) is 12.5 Å². The standard InChI is InChI=1S/C18H18N4O2S/c19-11-14-2-1-7-21-17(14)24-15-5-3-13(4-6-15)10-16(20)18(23)22-8-9-25-12-22/h1-7,16H,8-10,12,20H2. The van der Waals surface area contributed by atoms with Crippen LogP contribution in [-0.2, 0) is 11.2 Å². The molecule has 0 aliphatic carbocycles. The number of pyridine rings is 1. The quantitative estimate of drug-likeness (QED) is 0.884. The molecule has 1 amide bonds.